The number of nitrogens with one attached hydrogen (secondary N) is 1. The molecule has 3 rings (SSSR count). The second kappa shape index (κ2) is 8.87. The van der Waals surface area contributed by atoms with E-state index in [0.717, 1.165) is 43.2 Å². The van der Waals surface area contributed by atoms with E-state index in [9.17, 15) is 13.6 Å². The summed E-state index contributed by atoms with van der Waals surface area (Å²) in [5.41, 5.74) is 0.932. The number of halogens is 2. The van der Waals surface area contributed by atoms with Gasteiger partial charge in [-0.3, -0.25) is 9.69 Å². The maximum atomic E-state index is 13.7. The Morgan fingerprint density at radius 2 is 2.00 bits per heavy atom. The smallest absolute Gasteiger partial charge is 0.238 e. The van der Waals surface area contributed by atoms with Gasteiger partial charge in [0, 0.05) is 25.8 Å². The number of carbonyl (C=O) groups is 1. The molecule has 0 bridgehead atoms. The third-order valence-electron chi connectivity index (χ3n) is 4.30. The molecule has 1 fully saturated rings. The average Bonchev–Trinajstić information content (AvgIpc) is 3.12. The van der Waals surface area contributed by atoms with Gasteiger partial charge in [-0.2, -0.15) is 0 Å². The van der Waals surface area contributed by atoms with Gasteiger partial charge >= 0.3 is 0 Å². The maximum absolute atomic E-state index is 13.7. The van der Waals surface area contributed by atoms with Crippen LogP contribution in [-0.4, -0.2) is 36.6 Å². The largest absolute Gasteiger partial charge is 0.377 e. The Balaban J connectivity index is 1.65. The fourth-order valence-electron chi connectivity index (χ4n) is 3.09. The molecular weight excluding hydrogens is 338 g/mol. The van der Waals surface area contributed by atoms with Gasteiger partial charge in [-0.15, -0.1) is 0 Å². The Morgan fingerprint density at radius 1 is 1.19 bits per heavy atom. The van der Waals surface area contributed by atoms with E-state index < -0.39 is 11.6 Å². The van der Waals surface area contributed by atoms with Crippen LogP contribution in [0.15, 0.2) is 48.5 Å². The van der Waals surface area contributed by atoms with Crippen LogP contribution in [-0.2, 0) is 16.1 Å². The molecule has 1 N–H and O–H groups in total. The lowest BCUT2D eigenvalue weighted by Gasteiger charge is -2.24. The second-order valence-corrected chi connectivity index (χ2v) is 6.46. The molecule has 4 nitrogen and oxygen atoms in total. The number of amides is 1. The first-order valence-corrected chi connectivity index (χ1v) is 8.73. The molecule has 6 heteroatoms. The molecule has 1 aliphatic heterocycles. The number of carbonyl (C=O) groups excluding carboxylic acids is 1. The van der Waals surface area contributed by atoms with Crippen LogP contribution in [0, 0.1) is 11.6 Å². The Hall–Kier alpha value is -2.31. The van der Waals surface area contributed by atoms with E-state index in [1.54, 1.807) is 0 Å². The average molecular weight is 360 g/mol. The van der Waals surface area contributed by atoms with E-state index in [-0.39, 0.29) is 24.2 Å². The number of nitrogens with zero attached hydrogens (tertiary/aromatic N) is 1. The molecule has 1 aliphatic rings. The zero-order chi connectivity index (χ0) is 18.4. The summed E-state index contributed by atoms with van der Waals surface area (Å²) in [5.74, 6) is -1.64. The van der Waals surface area contributed by atoms with Crippen molar-refractivity contribution >= 4 is 11.6 Å². The van der Waals surface area contributed by atoms with E-state index in [1.807, 2.05) is 35.2 Å². The standard InChI is InChI=1S/C20H22F2N2O2/c21-16-8-9-18(22)19(11-16)23-20(25)14-24(13-17-7-4-10-26-17)12-15-5-2-1-3-6-15/h1-3,5-6,8-9,11,17H,4,7,10,12-14H2,(H,23,25). The highest BCUT2D eigenvalue weighted by molar-refractivity contribution is 5.92. The van der Waals surface area contributed by atoms with E-state index in [2.05, 4.69) is 5.32 Å². The monoisotopic (exact) mass is 360 g/mol. The number of ether oxygens (including phenoxy) is 1. The number of anilines is 1. The molecule has 1 saturated heterocycles. The third kappa shape index (κ3) is 5.34. The topological polar surface area (TPSA) is 41.6 Å². The lowest BCUT2D eigenvalue weighted by atomic mass is 10.2. The predicted octanol–water partition coefficient (Wildman–Crippen LogP) is 3.58. The molecule has 0 saturated carbocycles. The molecular formula is C20H22F2N2O2. The highest BCUT2D eigenvalue weighted by atomic mass is 19.1. The molecule has 1 atom stereocenters. The van der Waals surface area contributed by atoms with Gasteiger partial charge in [0.2, 0.25) is 5.91 Å². The van der Waals surface area contributed by atoms with Crippen LogP contribution in [0.5, 0.6) is 0 Å². The van der Waals surface area contributed by atoms with Crippen LogP contribution in [0.4, 0.5) is 14.5 Å². The zero-order valence-corrected chi connectivity index (χ0v) is 14.5. The molecule has 0 aromatic heterocycles. The van der Waals surface area contributed by atoms with E-state index in [4.69, 9.17) is 4.74 Å². The molecule has 1 unspecified atom stereocenters. The summed E-state index contributed by atoms with van der Waals surface area (Å²) in [5, 5.41) is 2.46. The minimum atomic E-state index is -0.659. The molecule has 2 aromatic rings. The highest BCUT2D eigenvalue weighted by Crippen LogP contribution is 2.17. The predicted molar refractivity (Wildman–Crippen MR) is 95.7 cm³/mol. The minimum absolute atomic E-state index is 0.0741. The number of rotatable bonds is 7. The van der Waals surface area contributed by atoms with Crippen LogP contribution in [0.1, 0.15) is 18.4 Å². The van der Waals surface area contributed by atoms with Gasteiger partial charge in [-0.25, -0.2) is 8.78 Å². The number of hydrogen-bond acceptors (Lipinski definition) is 3. The SMILES string of the molecule is O=C(CN(Cc1ccccc1)CC1CCCO1)Nc1cc(F)ccc1F. The lowest BCUT2D eigenvalue weighted by molar-refractivity contribution is -0.117. The molecule has 0 aliphatic carbocycles. The van der Waals surface area contributed by atoms with Crippen LogP contribution in [0.2, 0.25) is 0 Å². The van der Waals surface area contributed by atoms with Crippen LogP contribution < -0.4 is 5.32 Å². The summed E-state index contributed by atoms with van der Waals surface area (Å²) < 4.78 is 32.7. The molecule has 0 spiro atoms. The minimum Gasteiger partial charge on any atom is -0.377 e. The van der Waals surface area contributed by atoms with Crippen molar-refractivity contribution < 1.29 is 18.3 Å². The molecule has 0 radical (unpaired) electrons. The van der Waals surface area contributed by atoms with Gasteiger partial charge in [0.25, 0.3) is 0 Å². The van der Waals surface area contributed by atoms with Crippen molar-refractivity contribution in [3.8, 4) is 0 Å². The van der Waals surface area contributed by atoms with Gasteiger partial charge in [-0.1, -0.05) is 30.3 Å². The summed E-state index contributed by atoms with van der Waals surface area (Å²) in [6.45, 7) is 2.02. The molecule has 1 amide bonds. The normalized spacial score (nSPS) is 16.8. The van der Waals surface area contributed by atoms with Crippen molar-refractivity contribution in [1.82, 2.24) is 4.90 Å². The van der Waals surface area contributed by atoms with Crippen molar-refractivity contribution in [1.29, 1.82) is 0 Å². The van der Waals surface area contributed by atoms with Gasteiger partial charge in [0.1, 0.15) is 11.6 Å². The van der Waals surface area contributed by atoms with Crippen LogP contribution in [0.3, 0.4) is 0 Å². The Bertz CT molecular complexity index is 734. The van der Waals surface area contributed by atoms with Gasteiger partial charge in [0.05, 0.1) is 18.3 Å². The number of hydrogen-bond donors (Lipinski definition) is 1. The Kier molecular flexibility index (Phi) is 6.30. The number of benzene rings is 2. The molecule has 2 aromatic carbocycles. The Labute approximate surface area is 151 Å². The highest BCUT2D eigenvalue weighted by Gasteiger charge is 2.21. The fraction of sp³-hybridized carbons (Fsp3) is 0.350. The summed E-state index contributed by atoms with van der Waals surface area (Å²) in [4.78, 5) is 14.3. The summed E-state index contributed by atoms with van der Waals surface area (Å²) >= 11 is 0. The first kappa shape index (κ1) is 18.5. The van der Waals surface area contributed by atoms with Crippen molar-refractivity contribution in [3.63, 3.8) is 0 Å². The van der Waals surface area contributed by atoms with Gasteiger partial charge in [0.15, 0.2) is 0 Å². The van der Waals surface area contributed by atoms with E-state index >= 15 is 0 Å². The van der Waals surface area contributed by atoms with E-state index in [0.29, 0.717) is 13.1 Å². The van der Waals surface area contributed by atoms with Crippen LogP contribution >= 0.6 is 0 Å². The molecule has 1 heterocycles. The molecule has 26 heavy (non-hydrogen) atoms. The molecule has 138 valence electrons. The van der Waals surface area contributed by atoms with Gasteiger partial charge < -0.3 is 10.1 Å². The van der Waals surface area contributed by atoms with Gasteiger partial charge in [-0.05, 0) is 30.5 Å². The lowest BCUT2D eigenvalue weighted by Crippen LogP contribution is -2.38. The van der Waals surface area contributed by atoms with Crippen LogP contribution in [0.25, 0.3) is 0 Å². The third-order valence-corrected chi connectivity index (χ3v) is 4.30. The maximum Gasteiger partial charge on any atom is 0.238 e. The summed E-state index contributed by atoms with van der Waals surface area (Å²) in [7, 11) is 0. The summed E-state index contributed by atoms with van der Waals surface area (Å²) in [6, 6.07) is 12.8. The first-order chi connectivity index (χ1) is 12.6. The second-order valence-electron chi connectivity index (χ2n) is 6.46. The first-order valence-electron chi connectivity index (χ1n) is 8.73. The quantitative estimate of drug-likeness (QED) is 0.821. The fourth-order valence-corrected chi connectivity index (χ4v) is 3.09. The Morgan fingerprint density at radius 3 is 2.73 bits per heavy atom. The zero-order valence-electron chi connectivity index (χ0n) is 14.5. The van der Waals surface area contributed by atoms with Crippen molar-refractivity contribution in [2.45, 2.75) is 25.5 Å². The summed E-state index contributed by atoms with van der Waals surface area (Å²) in [6.07, 6.45) is 2.08. The van der Waals surface area contributed by atoms with Crippen molar-refractivity contribution in [2.75, 3.05) is 25.0 Å². The van der Waals surface area contributed by atoms with Crippen molar-refractivity contribution in [2.24, 2.45) is 0 Å². The van der Waals surface area contributed by atoms with E-state index in [1.165, 1.54) is 0 Å². The van der Waals surface area contributed by atoms with Crippen molar-refractivity contribution in [3.05, 3.63) is 65.7 Å².